The lowest BCUT2D eigenvalue weighted by Gasteiger charge is -2.32. The molecule has 1 saturated heterocycles. The largest absolute Gasteiger partial charge is 0.493 e. The molecule has 2 aromatic rings. The number of methoxy groups -OCH3 is 1. The van der Waals surface area contributed by atoms with Gasteiger partial charge in [-0.2, -0.15) is 0 Å². The first-order valence-electron chi connectivity index (χ1n) is 11.0. The van der Waals surface area contributed by atoms with Gasteiger partial charge in [-0.3, -0.25) is 9.69 Å². The lowest BCUT2D eigenvalue weighted by Crippen LogP contribution is -2.41. The molecule has 1 fully saturated rings. The van der Waals surface area contributed by atoms with Crippen LogP contribution in [0.2, 0.25) is 0 Å². The SMILES string of the molecule is CCCCc1ncc(CN2CCC[C@H](CNC(=O)COc3ccccc3OC)C2)[nH]1. The molecular weight excluding hydrogens is 380 g/mol. The van der Waals surface area contributed by atoms with Crippen LogP contribution in [0.15, 0.2) is 30.5 Å². The summed E-state index contributed by atoms with van der Waals surface area (Å²) in [7, 11) is 1.59. The van der Waals surface area contributed by atoms with E-state index in [4.69, 9.17) is 9.47 Å². The average Bonchev–Trinajstić information content (AvgIpc) is 3.22. The van der Waals surface area contributed by atoms with Gasteiger partial charge in [-0.15, -0.1) is 0 Å². The molecule has 0 radical (unpaired) electrons. The molecule has 3 rings (SSSR count). The fraction of sp³-hybridized carbons (Fsp3) is 0.565. The number of carbonyl (C=O) groups excluding carboxylic acids is 1. The number of ether oxygens (including phenoxy) is 2. The predicted octanol–water partition coefficient (Wildman–Crippen LogP) is 3.17. The van der Waals surface area contributed by atoms with E-state index in [1.807, 2.05) is 24.4 Å². The van der Waals surface area contributed by atoms with E-state index in [1.54, 1.807) is 13.2 Å². The minimum absolute atomic E-state index is 0.00844. The van der Waals surface area contributed by atoms with Gasteiger partial charge in [0.05, 0.1) is 7.11 Å². The molecule has 0 spiro atoms. The molecule has 1 aliphatic rings. The third kappa shape index (κ3) is 6.76. The number of aromatic nitrogens is 2. The number of imidazole rings is 1. The van der Waals surface area contributed by atoms with Crippen LogP contribution in [0.4, 0.5) is 0 Å². The summed E-state index contributed by atoms with van der Waals surface area (Å²) >= 11 is 0. The van der Waals surface area contributed by atoms with Gasteiger partial charge < -0.3 is 19.8 Å². The quantitative estimate of drug-likeness (QED) is 0.590. The number of nitrogens with zero attached hydrogens (tertiary/aromatic N) is 2. The number of hydrogen-bond donors (Lipinski definition) is 2. The average molecular weight is 415 g/mol. The van der Waals surface area contributed by atoms with Crippen molar-refractivity contribution in [3.8, 4) is 11.5 Å². The summed E-state index contributed by atoms with van der Waals surface area (Å²) in [6.07, 6.45) is 7.61. The number of aromatic amines is 1. The molecule has 1 aliphatic heterocycles. The van der Waals surface area contributed by atoms with Crippen LogP contribution in [-0.4, -0.2) is 54.1 Å². The van der Waals surface area contributed by atoms with E-state index in [0.29, 0.717) is 24.0 Å². The van der Waals surface area contributed by atoms with Crippen molar-refractivity contribution in [1.82, 2.24) is 20.2 Å². The van der Waals surface area contributed by atoms with Gasteiger partial charge in [0.1, 0.15) is 5.82 Å². The second kappa shape index (κ2) is 11.6. The highest BCUT2D eigenvalue weighted by atomic mass is 16.5. The number of amides is 1. The molecule has 164 valence electrons. The number of aryl methyl sites for hydroxylation is 1. The van der Waals surface area contributed by atoms with E-state index in [0.717, 1.165) is 44.7 Å². The number of piperidine rings is 1. The summed E-state index contributed by atoms with van der Waals surface area (Å²) in [5.41, 5.74) is 1.18. The number of carbonyl (C=O) groups is 1. The minimum Gasteiger partial charge on any atom is -0.493 e. The smallest absolute Gasteiger partial charge is 0.257 e. The Kier molecular flexibility index (Phi) is 8.56. The number of unbranched alkanes of at least 4 members (excludes halogenated alkanes) is 1. The molecule has 2 heterocycles. The Morgan fingerprint density at radius 2 is 2.17 bits per heavy atom. The maximum absolute atomic E-state index is 12.2. The fourth-order valence-corrected chi connectivity index (χ4v) is 3.85. The van der Waals surface area contributed by atoms with Gasteiger partial charge in [0.2, 0.25) is 0 Å². The number of hydrogen-bond acceptors (Lipinski definition) is 5. The van der Waals surface area contributed by atoms with Crippen molar-refractivity contribution in [3.63, 3.8) is 0 Å². The first-order chi connectivity index (χ1) is 14.7. The lowest BCUT2D eigenvalue weighted by atomic mass is 9.98. The van der Waals surface area contributed by atoms with Crippen LogP contribution < -0.4 is 14.8 Å². The maximum atomic E-state index is 12.2. The zero-order valence-electron chi connectivity index (χ0n) is 18.2. The minimum atomic E-state index is -0.104. The molecule has 1 aromatic heterocycles. The van der Waals surface area contributed by atoms with Crippen LogP contribution in [0, 0.1) is 5.92 Å². The van der Waals surface area contributed by atoms with Crippen molar-refractivity contribution < 1.29 is 14.3 Å². The molecule has 0 aliphatic carbocycles. The van der Waals surface area contributed by atoms with E-state index in [2.05, 4.69) is 27.1 Å². The van der Waals surface area contributed by atoms with E-state index in [9.17, 15) is 4.79 Å². The van der Waals surface area contributed by atoms with Crippen molar-refractivity contribution in [2.24, 2.45) is 5.92 Å². The van der Waals surface area contributed by atoms with Crippen molar-refractivity contribution >= 4 is 5.91 Å². The Morgan fingerprint density at radius 1 is 1.33 bits per heavy atom. The summed E-state index contributed by atoms with van der Waals surface area (Å²) in [6.45, 7) is 5.82. The standard InChI is InChI=1S/C23H34N4O3/c1-3-4-11-22-24-14-19(26-22)16-27-12-7-8-18(15-27)13-25-23(28)17-30-21-10-6-5-9-20(21)29-2/h5-6,9-10,14,18H,3-4,7-8,11-13,15-17H2,1-2H3,(H,24,26)(H,25,28)/t18-/m1/s1. The van der Waals surface area contributed by atoms with Crippen LogP contribution in [-0.2, 0) is 17.8 Å². The van der Waals surface area contributed by atoms with Gasteiger partial charge in [-0.05, 0) is 43.9 Å². The van der Waals surface area contributed by atoms with Gasteiger partial charge in [-0.25, -0.2) is 4.98 Å². The molecule has 30 heavy (non-hydrogen) atoms. The van der Waals surface area contributed by atoms with E-state index in [1.165, 1.54) is 18.5 Å². The second-order valence-corrected chi connectivity index (χ2v) is 7.95. The first-order valence-corrected chi connectivity index (χ1v) is 11.0. The van der Waals surface area contributed by atoms with Gasteiger partial charge in [0.15, 0.2) is 18.1 Å². The summed E-state index contributed by atoms with van der Waals surface area (Å²) in [6, 6.07) is 7.35. The van der Waals surface area contributed by atoms with Gasteiger partial charge in [-0.1, -0.05) is 25.5 Å². The zero-order valence-corrected chi connectivity index (χ0v) is 18.2. The summed E-state index contributed by atoms with van der Waals surface area (Å²) < 4.78 is 10.8. The lowest BCUT2D eigenvalue weighted by molar-refractivity contribution is -0.123. The van der Waals surface area contributed by atoms with Gasteiger partial charge >= 0.3 is 0 Å². The molecule has 1 atom stereocenters. The van der Waals surface area contributed by atoms with Gasteiger partial charge in [0.25, 0.3) is 5.91 Å². The van der Waals surface area contributed by atoms with Crippen LogP contribution in [0.25, 0.3) is 0 Å². The molecule has 2 N–H and O–H groups in total. The highest BCUT2D eigenvalue weighted by Crippen LogP contribution is 2.25. The Balaban J connectivity index is 1.39. The van der Waals surface area contributed by atoms with Crippen molar-refractivity contribution in [3.05, 3.63) is 42.0 Å². The fourth-order valence-electron chi connectivity index (χ4n) is 3.85. The van der Waals surface area contributed by atoms with Crippen molar-refractivity contribution in [1.29, 1.82) is 0 Å². The van der Waals surface area contributed by atoms with Gasteiger partial charge in [0, 0.05) is 37.9 Å². The van der Waals surface area contributed by atoms with Crippen molar-refractivity contribution in [2.75, 3.05) is 33.4 Å². The summed E-state index contributed by atoms with van der Waals surface area (Å²) in [4.78, 5) is 22.6. The molecule has 7 heteroatoms. The normalized spacial score (nSPS) is 16.9. The predicted molar refractivity (Wildman–Crippen MR) is 117 cm³/mol. The van der Waals surface area contributed by atoms with Crippen LogP contribution >= 0.6 is 0 Å². The number of benzene rings is 1. The topological polar surface area (TPSA) is 79.5 Å². The Labute approximate surface area is 179 Å². The third-order valence-electron chi connectivity index (χ3n) is 5.46. The molecule has 0 unspecified atom stereocenters. The summed E-state index contributed by atoms with van der Waals surface area (Å²) in [5, 5.41) is 3.02. The summed E-state index contributed by atoms with van der Waals surface area (Å²) in [5.74, 6) is 2.65. The van der Waals surface area contributed by atoms with Crippen LogP contribution in [0.5, 0.6) is 11.5 Å². The molecule has 1 aromatic carbocycles. The van der Waals surface area contributed by atoms with E-state index < -0.39 is 0 Å². The third-order valence-corrected chi connectivity index (χ3v) is 5.46. The number of rotatable bonds is 11. The van der Waals surface area contributed by atoms with Crippen LogP contribution in [0.1, 0.15) is 44.1 Å². The van der Waals surface area contributed by atoms with E-state index >= 15 is 0 Å². The Hall–Kier alpha value is -2.54. The monoisotopic (exact) mass is 414 g/mol. The maximum Gasteiger partial charge on any atom is 0.257 e. The molecular formula is C23H34N4O3. The highest BCUT2D eigenvalue weighted by Gasteiger charge is 2.21. The zero-order chi connectivity index (χ0) is 21.2. The van der Waals surface area contributed by atoms with E-state index in [-0.39, 0.29) is 12.5 Å². The molecule has 7 nitrogen and oxygen atoms in total. The number of H-pyrrole nitrogens is 1. The number of nitrogens with one attached hydrogen (secondary N) is 2. The Morgan fingerprint density at radius 3 is 2.97 bits per heavy atom. The number of likely N-dealkylation sites (tertiary alicyclic amines) is 1. The second-order valence-electron chi connectivity index (χ2n) is 7.95. The van der Waals surface area contributed by atoms with Crippen LogP contribution in [0.3, 0.4) is 0 Å². The molecule has 0 bridgehead atoms. The van der Waals surface area contributed by atoms with Crippen molar-refractivity contribution in [2.45, 2.75) is 45.6 Å². The molecule has 0 saturated carbocycles. The first kappa shape index (κ1) is 22.2. The molecule has 1 amide bonds. The Bertz CT molecular complexity index is 792. The highest BCUT2D eigenvalue weighted by molar-refractivity contribution is 5.77. The number of para-hydroxylation sites is 2.